The zero-order valence-electron chi connectivity index (χ0n) is 23.8. The normalized spacial score (nSPS) is 11.8. The number of pyridine rings is 1. The third-order valence-electron chi connectivity index (χ3n) is 7.05. The molecule has 0 spiro atoms. The van der Waals surface area contributed by atoms with Crippen molar-refractivity contribution in [3.8, 4) is 17.5 Å². The van der Waals surface area contributed by atoms with E-state index in [9.17, 15) is 9.59 Å². The number of nitrogens with two attached hydrogens (primary N) is 1. The molecule has 0 fully saturated rings. The molecular weight excluding hydrogens is 540 g/mol. The van der Waals surface area contributed by atoms with Crippen molar-refractivity contribution in [2.24, 2.45) is 0 Å². The van der Waals surface area contributed by atoms with Crippen LogP contribution in [0.25, 0.3) is 22.2 Å². The molecule has 4 aromatic heterocycles. The number of rotatable bonds is 5. The van der Waals surface area contributed by atoms with Crippen LogP contribution in [0.3, 0.4) is 0 Å². The maximum Gasteiger partial charge on any atom is 0.267 e. The lowest BCUT2D eigenvalue weighted by Gasteiger charge is -2.20. The minimum atomic E-state index is -0.695. The molecule has 0 saturated heterocycles. The van der Waals surface area contributed by atoms with Crippen molar-refractivity contribution in [2.45, 2.75) is 32.7 Å². The Kier molecular flexibility index (Phi) is 7.14. The number of amides is 1. The van der Waals surface area contributed by atoms with Crippen molar-refractivity contribution in [3.05, 3.63) is 124 Å². The molecule has 43 heavy (non-hydrogen) atoms. The molecule has 3 N–H and O–H groups in total. The van der Waals surface area contributed by atoms with Gasteiger partial charge in [-0.25, -0.2) is 14.5 Å². The number of nitrogens with one attached hydrogen (secondary N) is 1. The molecule has 0 saturated carbocycles. The van der Waals surface area contributed by atoms with E-state index in [0.29, 0.717) is 33.6 Å². The molecule has 4 heterocycles. The topological polar surface area (TPSA) is 133 Å². The maximum absolute atomic E-state index is 14.2. The number of benzene rings is 2. The monoisotopic (exact) mass is 568 g/mol. The number of para-hydroxylation sites is 1. The van der Waals surface area contributed by atoms with E-state index in [1.807, 2.05) is 56.3 Å². The molecule has 0 radical (unpaired) electrons. The molecule has 10 heteroatoms. The van der Waals surface area contributed by atoms with Crippen LogP contribution in [-0.4, -0.2) is 35.0 Å². The molecule has 6 rings (SSSR count). The van der Waals surface area contributed by atoms with Crippen molar-refractivity contribution in [3.63, 3.8) is 0 Å². The Hall–Kier alpha value is -5.82. The molecule has 6 aromatic rings. The van der Waals surface area contributed by atoms with Crippen LogP contribution in [0.15, 0.2) is 90.1 Å². The zero-order chi connectivity index (χ0) is 30.1. The summed E-state index contributed by atoms with van der Waals surface area (Å²) in [5.41, 5.74) is 9.61. The average Bonchev–Trinajstić information content (AvgIpc) is 3.35. The standard InChI is InChI=1S/C33H28N8O2/c1-20(2)25-16-19-40-31(37-25)28(29(34)39-40)32(42)36-21(3)30-38-26-11-7-8-23(13-12-22-14-17-35-18-15-22)27(26)33(43)41(30)24-9-5-4-6-10-24/h4-11,14-21H,1-3H3,(H2,34,39)(H,36,42). The Bertz CT molecular complexity index is 2110. The largest absolute Gasteiger partial charge is 0.381 e. The van der Waals surface area contributed by atoms with Gasteiger partial charge in [-0.2, -0.15) is 0 Å². The van der Waals surface area contributed by atoms with Gasteiger partial charge in [-0.3, -0.25) is 19.1 Å². The van der Waals surface area contributed by atoms with Crippen molar-refractivity contribution >= 4 is 28.3 Å². The Morgan fingerprint density at radius 1 is 0.930 bits per heavy atom. The van der Waals surface area contributed by atoms with Gasteiger partial charge in [-0.05, 0) is 55.3 Å². The molecule has 0 aliphatic heterocycles. The lowest BCUT2D eigenvalue weighted by molar-refractivity contribution is 0.0940. The number of hydrogen-bond donors (Lipinski definition) is 2. The van der Waals surface area contributed by atoms with Crippen LogP contribution in [0, 0.1) is 11.8 Å². The van der Waals surface area contributed by atoms with E-state index in [2.05, 4.69) is 32.2 Å². The Labute approximate surface area is 247 Å². The molecule has 0 aliphatic carbocycles. The summed E-state index contributed by atoms with van der Waals surface area (Å²) in [6.07, 6.45) is 5.07. The van der Waals surface area contributed by atoms with Crippen LogP contribution in [0.2, 0.25) is 0 Å². The Morgan fingerprint density at radius 3 is 2.44 bits per heavy atom. The van der Waals surface area contributed by atoms with Gasteiger partial charge in [0.1, 0.15) is 11.4 Å². The second-order valence-electron chi connectivity index (χ2n) is 10.4. The van der Waals surface area contributed by atoms with Gasteiger partial charge in [-0.1, -0.05) is 50.0 Å². The molecule has 212 valence electrons. The summed E-state index contributed by atoms with van der Waals surface area (Å²) in [5.74, 6) is 6.31. The third-order valence-corrected chi connectivity index (χ3v) is 7.05. The van der Waals surface area contributed by atoms with Crippen LogP contribution in [0.4, 0.5) is 5.82 Å². The van der Waals surface area contributed by atoms with E-state index < -0.39 is 11.9 Å². The zero-order valence-corrected chi connectivity index (χ0v) is 23.8. The minimum Gasteiger partial charge on any atom is -0.381 e. The van der Waals surface area contributed by atoms with Crippen LogP contribution < -0.4 is 16.6 Å². The fourth-order valence-corrected chi connectivity index (χ4v) is 4.88. The highest BCUT2D eigenvalue weighted by Gasteiger charge is 2.25. The van der Waals surface area contributed by atoms with Crippen LogP contribution in [0.1, 0.15) is 65.7 Å². The van der Waals surface area contributed by atoms with Gasteiger partial charge < -0.3 is 11.1 Å². The quantitative estimate of drug-likeness (QED) is 0.294. The number of nitrogens with zero attached hydrogens (tertiary/aromatic N) is 6. The predicted octanol–water partition coefficient (Wildman–Crippen LogP) is 4.42. The molecular formula is C33H28N8O2. The fourth-order valence-electron chi connectivity index (χ4n) is 4.88. The molecule has 1 atom stereocenters. The van der Waals surface area contributed by atoms with Gasteiger partial charge in [0.25, 0.3) is 11.5 Å². The fraction of sp³-hybridized carbons (Fsp3) is 0.152. The number of hydrogen-bond acceptors (Lipinski definition) is 7. The molecule has 2 aromatic carbocycles. The second kappa shape index (κ2) is 11.2. The summed E-state index contributed by atoms with van der Waals surface area (Å²) in [5, 5.41) is 7.62. The van der Waals surface area contributed by atoms with Gasteiger partial charge in [0, 0.05) is 35.4 Å². The first-order valence-corrected chi connectivity index (χ1v) is 13.8. The van der Waals surface area contributed by atoms with Crippen LogP contribution in [-0.2, 0) is 0 Å². The molecule has 1 unspecified atom stereocenters. The first-order valence-electron chi connectivity index (χ1n) is 13.8. The summed E-state index contributed by atoms with van der Waals surface area (Å²) in [6, 6.07) is 19.3. The predicted molar refractivity (Wildman–Crippen MR) is 165 cm³/mol. The highest BCUT2D eigenvalue weighted by atomic mass is 16.2. The van der Waals surface area contributed by atoms with Crippen LogP contribution >= 0.6 is 0 Å². The smallest absolute Gasteiger partial charge is 0.267 e. The van der Waals surface area contributed by atoms with Gasteiger partial charge in [0.15, 0.2) is 11.5 Å². The van der Waals surface area contributed by atoms with Gasteiger partial charge in [0.05, 0.1) is 22.6 Å². The van der Waals surface area contributed by atoms with E-state index in [1.54, 1.807) is 49.8 Å². The average molecular weight is 569 g/mol. The number of anilines is 1. The first kappa shape index (κ1) is 27.4. The second-order valence-corrected chi connectivity index (χ2v) is 10.4. The summed E-state index contributed by atoms with van der Waals surface area (Å²) >= 11 is 0. The van der Waals surface area contributed by atoms with E-state index in [-0.39, 0.29) is 22.9 Å². The molecule has 0 bridgehead atoms. The van der Waals surface area contributed by atoms with E-state index in [1.165, 1.54) is 9.08 Å². The Morgan fingerprint density at radius 2 is 1.70 bits per heavy atom. The molecule has 0 aliphatic rings. The van der Waals surface area contributed by atoms with Crippen molar-refractivity contribution < 1.29 is 4.79 Å². The lowest BCUT2D eigenvalue weighted by atomic mass is 10.1. The summed E-state index contributed by atoms with van der Waals surface area (Å²) in [4.78, 5) is 41.4. The van der Waals surface area contributed by atoms with Crippen LogP contribution in [0.5, 0.6) is 0 Å². The number of aromatic nitrogens is 6. The minimum absolute atomic E-state index is 0.0578. The number of carbonyl (C=O) groups is 1. The summed E-state index contributed by atoms with van der Waals surface area (Å²) < 4.78 is 3.00. The van der Waals surface area contributed by atoms with Crippen molar-refractivity contribution in [1.29, 1.82) is 0 Å². The summed E-state index contributed by atoms with van der Waals surface area (Å²) in [6.45, 7) is 5.81. The van der Waals surface area contributed by atoms with Crippen molar-refractivity contribution in [1.82, 2.24) is 34.4 Å². The van der Waals surface area contributed by atoms with Crippen molar-refractivity contribution in [2.75, 3.05) is 5.73 Å². The third kappa shape index (κ3) is 5.20. The molecule has 1 amide bonds. The number of carbonyl (C=O) groups excluding carboxylic acids is 1. The molecule has 10 nitrogen and oxygen atoms in total. The lowest BCUT2D eigenvalue weighted by Crippen LogP contribution is -2.33. The highest BCUT2D eigenvalue weighted by Crippen LogP contribution is 2.23. The van der Waals surface area contributed by atoms with E-state index in [4.69, 9.17) is 10.7 Å². The summed E-state index contributed by atoms with van der Waals surface area (Å²) in [7, 11) is 0. The number of fused-ring (bicyclic) bond motifs is 2. The maximum atomic E-state index is 14.2. The number of nitrogen functional groups attached to an aromatic ring is 1. The van der Waals surface area contributed by atoms with Gasteiger partial charge in [-0.15, -0.1) is 5.10 Å². The van der Waals surface area contributed by atoms with Gasteiger partial charge >= 0.3 is 0 Å². The Balaban J connectivity index is 1.46. The first-order chi connectivity index (χ1) is 20.8. The van der Waals surface area contributed by atoms with Gasteiger partial charge in [0.2, 0.25) is 0 Å². The highest BCUT2D eigenvalue weighted by molar-refractivity contribution is 6.04. The van der Waals surface area contributed by atoms with E-state index in [0.717, 1.165) is 11.3 Å². The van der Waals surface area contributed by atoms with E-state index >= 15 is 0 Å². The SMILES string of the molecule is CC(C)c1ccn2nc(N)c(C(=O)NC(C)c3nc4cccc(C#Cc5ccncc5)c4c(=O)n3-c3ccccc3)c2n1.